The van der Waals surface area contributed by atoms with E-state index in [-0.39, 0.29) is 35.1 Å². The molecule has 0 aliphatic carbocycles. The highest BCUT2D eigenvalue weighted by Crippen LogP contribution is 2.44. The number of hydrogen-bond acceptors (Lipinski definition) is 5. The van der Waals surface area contributed by atoms with Crippen molar-refractivity contribution in [2.45, 2.75) is 16.8 Å². The number of benzene rings is 2. The standard InChI is InChI=1S/C15H10ClF4NO4S/c16-10-7-8(1-2-11(10)17)25-12-3-4-13(26(23,24)15(18,19)20)14-9(12)5-6-21(14)22/h1-4,7,22H,5-6H2. The molecule has 1 aliphatic rings. The first-order chi connectivity index (χ1) is 12.0. The minimum atomic E-state index is -5.66. The number of anilines is 1. The molecule has 140 valence electrons. The molecule has 0 aromatic heterocycles. The van der Waals surface area contributed by atoms with E-state index in [1.54, 1.807) is 0 Å². The van der Waals surface area contributed by atoms with Crippen molar-refractivity contribution in [2.24, 2.45) is 0 Å². The van der Waals surface area contributed by atoms with E-state index in [0.29, 0.717) is 11.1 Å². The fraction of sp³-hybridized carbons (Fsp3) is 0.200. The van der Waals surface area contributed by atoms with Crippen LogP contribution in [0.3, 0.4) is 0 Å². The zero-order chi connectivity index (χ0) is 19.3. The zero-order valence-electron chi connectivity index (χ0n) is 12.7. The van der Waals surface area contributed by atoms with Gasteiger partial charge >= 0.3 is 5.51 Å². The van der Waals surface area contributed by atoms with Crippen LogP contribution in [0.4, 0.5) is 23.2 Å². The van der Waals surface area contributed by atoms with E-state index >= 15 is 0 Å². The van der Waals surface area contributed by atoms with Crippen molar-refractivity contribution in [3.63, 3.8) is 0 Å². The zero-order valence-corrected chi connectivity index (χ0v) is 14.3. The van der Waals surface area contributed by atoms with E-state index in [9.17, 15) is 31.2 Å². The molecule has 2 aromatic rings. The van der Waals surface area contributed by atoms with Crippen LogP contribution in [0, 0.1) is 5.82 Å². The van der Waals surface area contributed by atoms with E-state index in [1.165, 1.54) is 6.07 Å². The van der Waals surface area contributed by atoms with Crippen LogP contribution in [0.5, 0.6) is 11.5 Å². The van der Waals surface area contributed by atoms with Crippen LogP contribution in [0.15, 0.2) is 35.2 Å². The highest BCUT2D eigenvalue weighted by molar-refractivity contribution is 7.92. The van der Waals surface area contributed by atoms with Crippen molar-refractivity contribution in [1.29, 1.82) is 0 Å². The minimum absolute atomic E-state index is 0.0281. The highest BCUT2D eigenvalue weighted by atomic mass is 35.5. The molecule has 0 unspecified atom stereocenters. The van der Waals surface area contributed by atoms with E-state index < -0.39 is 31.7 Å². The Hall–Kier alpha value is -2.04. The predicted octanol–water partition coefficient (Wildman–Crippen LogP) is 4.32. The number of fused-ring (bicyclic) bond motifs is 1. The molecule has 1 aliphatic heterocycles. The summed E-state index contributed by atoms with van der Waals surface area (Å²) in [5.41, 5.74) is -5.93. The highest BCUT2D eigenvalue weighted by Gasteiger charge is 2.49. The van der Waals surface area contributed by atoms with Gasteiger partial charge in [0.2, 0.25) is 0 Å². The van der Waals surface area contributed by atoms with E-state index in [1.807, 2.05) is 0 Å². The van der Waals surface area contributed by atoms with Crippen molar-refractivity contribution < 1.29 is 35.9 Å². The molecule has 5 nitrogen and oxygen atoms in total. The molecule has 0 radical (unpaired) electrons. The van der Waals surface area contributed by atoms with Gasteiger partial charge in [-0.2, -0.15) is 13.2 Å². The van der Waals surface area contributed by atoms with Crippen LogP contribution in [0.2, 0.25) is 5.02 Å². The lowest BCUT2D eigenvalue weighted by Gasteiger charge is -2.18. The van der Waals surface area contributed by atoms with Gasteiger partial charge in [-0.05, 0) is 30.7 Å². The Balaban J connectivity index is 2.10. The molecule has 2 aromatic carbocycles. The summed E-state index contributed by atoms with van der Waals surface area (Å²) in [7, 11) is -5.66. The third kappa shape index (κ3) is 3.08. The fourth-order valence-electron chi connectivity index (χ4n) is 2.55. The number of hydrogen-bond donors (Lipinski definition) is 1. The third-order valence-corrected chi connectivity index (χ3v) is 5.56. The summed E-state index contributed by atoms with van der Waals surface area (Å²) in [6.45, 7) is -0.111. The molecule has 26 heavy (non-hydrogen) atoms. The lowest BCUT2D eigenvalue weighted by Crippen LogP contribution is -2.26. The van der Waals surface area contributed by atoms with Crippen LogP contribution >= 0.6 is 11.6 Å². The number of nitrogens with zero attached hydrogens (tertiary/aromatic N) is 1. The average Bonchev–Trinajstić information content (AvgIpc) is 2.93. The van der Waals surface area contributed by atoms with Crippen LogP contribution < -0.4 is 9.80 Å². The number of sulfone groups is 1. The maximum absolute atomic E-state index is 13.2. The Kier molecular flexibility index (Phi) is 4.53. The van der Waals surface area contributed by atoms with Crippen molar-refractivity contribution in [1.82, 2.24) is 0 Å². The Labute approximate surface area is 150 Å². The van der Waals surface area contributed by atoms with Crippen molar-refractivity contribution in [3.8, 4) is 11.5 Å². The molecule has 0 spiro atoms. The van der Waals surface area contributed by atoms with Gasteiger partial charge in [-0.1, -0.05) is 11.6 Å². The van der Waals surface area contributed by atoms with Crippen molar-refractivity contribution >= 4 is 27.1 Å². The van der Waals surface area contributed by atoms with Gasteiger partial charge in [0.15, 0.2) is 0 Å². The van der Waals surface area contributed by atoms with Gasteiger partial charge in [0, 0.05) is 18.2 Å². The summed E-state index contributed by atoms with van der Waals surface area (Å²) in [6.07, 6.45) is 0.0529. The quantitative estimate of drug-likeness (QED) is 0.762. The summed E-state index contributed by atoms with van der Waals surface area (Å²) in [4.78, 5) is -1.07. The molecular weight excluding hydrogens is 402 g/mol. The van der Waals surface area contributed by atoms with Crippen molar-refractivity contribution in [3.05, 3.63) is 46.7 Å². The van der Waals surface area contributed by atoms with Crippen LogP contribution in [-0.4, -0.2) is 25.7 Å². The number of hydroxylamine groups is 1. The molecular formula is C15H10ClF4NO4S. The van der Waals surface area contributed by atoms with Gasteiger partial charge in [-0.3, -0.25) is 10.3 Å². The van der Waals surface area contributed by atoms with E-state index in [2.05, 4.69) is 0 Å². The van der Waals surface area contributed by atoms with Gasteiger partial charge in [-0.25, -0.2) is 12.8 Å². The number of ether oxygens (including phenoxy) is 1. The van der Waals surface area contributed by atoms with Gasteiger partial charge < -0.3 is 4.74 Å². The molecule has 0 atom stereocenters. The molecule has 1 N–H and O–H groups in total. The largest absolute Gasteiger partial charge is 0.501 e. The lowest BCUT2D eigenvalue weighted by atomic mass is 10.1. The van der Waals surface area contributed by atoms with Gasteiger partial charge in [0.05, 0.1) is 10.7 Å². The normalized spacial score (nSPS) is 14.5. The first-order valence-electron chi connectivity index (χ1n) is 7.09. The summed E-state index contributed by atoms with van der Waals surface area (Å²) in [6, 6.07) is 5.21. The molecule has 1 heterocycles. The Bertz CT molecular complexity index is 978. The second kappa shape index (κ2) is 6.29. The molecule has 0 saturated heterocycles. The van der Waals surface area contributed by atoms with E-state index in [0.717, 1.165) is 18.2 Å². The van der Waals surface area contributed by atoms with Crippen LogP contribution in [0.1, 0.15) is 5.56 Å². The summed E-state index contributed by atoms with van der Waals surface area (Å²) in [5.74, 6) is -0.556. The molecule has 0 amide bonds. The minimum Gasteiger partial charge on any atom is -0.457 e. The summed E-state index contributed by atoms with van der Waals surface area (Å²) in [5, 5.41) is 10.0. The summed E-state index contributed by atoms with van der Waals surface area (Å²) >= 11 is 5.65. The Morgan fingerprint density at radius 1 is 1.19 bits per heavy atom. The first kappa shape index (κ1) is 18.7. The van der Waals surface area contributed by atoms with Gasteiger partial charge in [0.25, 0.3) is 9.84 Å². The molecule has 11 heteroatoms. The number of alkyl halides is 3. The maximum atomic E-state index is 13.2. The second-order valence-electron chi connectivity index (χ2n) is 5.39. The van der Waals surface area contributed by atoms with Crippen molar-refractivity contribution in [2.75, 3.05) is 11.6 Å². The predicted molar refractivity (Wildman–Crippen MR) is 84.0 cm³/mol. The molecule has 0 saturated carbocycles. The van der Waals surface area contributed by atoms with Gasteiger partial charge in [-0.15, -0.1) is 0 Å². The Morgan fingerprint density at radius 2 is 1.88 bits per heavy atom. The fourth-order valence-corrected chi connectivity index (χ4v) is 3.71. The maximum Gasteiger partial charge on any atom is 0.501 e. The monoisotopic (exact) mass is 411 g/mol. The smallest absolute Gasteiger partial charge is 0.457 e. The molecule has 0 bridgehead atoms. The SMILES string of the molecule is O=S(=O)(c1ccc(Oc2ccc(F)c(Cl)c2)c2c1N(O)CC2)C(F)(F)F. The summed E-state index contributed by atoms with van der Waals surface area (Å²) < 4.78 is 80.8. The lowest BCUT2D eigenvalue weighted by molar-refractivity contribution is -0.0436. The molecule has 0 fully saturated rings. The van der Waals surface area contributed by atoms with Crippen LogP contribution in [0.25, 0.3) is 0 Å². The first-order valence-corrected chi connectivity index (χ1v) is 8.95. The Morgan fingerprint density at radius 3 is 2.50 bits per heavy atom. The second-order valence-corrected chi connectivity index (χ2v) is 7.71. The topological polar surface area (TPSA) is 66.8 Å². The third-order valence-electron chi connectivity index (χ3n) is 3.75. The average molecular weight is 412 g/mol. The number of halogens is 5. The van der Waals surface area contributed by atoms with Gasteiger partial charge in [0.1, 0.15) is 22.2 Å². The number of rotatable bonds is 3. The van der Waals surface area contributed by atoms with E-state index in [4.69, 9.17) is 16.3 Å². The molecule has 3 rings (SSSR count). The van der Waals surface area contributed by atoms with Crippen LogP contribution in [-0.2, 0) is 16.3 Å².